The molecule has 2 saturated carbocycles. The third kappa shape index (κ3) is 2.28. The molecule has 3 unspecified atom stereocenters. The number of aromatic nitrogens is 2. The minimum atomic E-state index is 0.810. The lowest BCUT2D eigenvalue weighted by Gasteiger charge is -2.21. The number of hydrogen-bond acceptors (Lipinski definition) is 3. The van der Waals surface area contributed by atoms with Gasteiger partial charge in [0.15, 0.2) is 0 Å². The van der Waals surface area contributed by atoms with Gasteiger partial charge in [0, 0.05) is 17.9 Å². The number of nitrogens with one attached hydrogen (secondary N) is 1. The van der Waals surface area contributed by atoms with Gasteiger partial charge >= 0.3 is 0 Å². The van der Waals surface area contributed by atoms with Crippen molar-refractivity contribution in [1.29, 1.82) is 0 Å². The molecule has 0 saturated heterocycles. The Bertz CT molecular complexity index is 396. The average molecular weight is 231 g/mol. The van der Waals surface area contributed by atoms with Gasteiger partial charge in [-0.1, -0.05) is 6.42 Å². The molecule has 0 amide bonds. The van der Waals surface area contributed by atoms with E-state index >= 15 is 0 Å². The summed E-state index contributed by atoms with van der Waals surface area (Å²) in [6.45, 7) is 5.11. The fraction of sp³-hybridized carbons (Fsp3) is 0.714. The van der Waals surface area contributed by atoms with Crippen LogP contribution < -0.4 is 5.32 Å². The largest absolute Gasteiger partial charge is 0.354 e. The number of aryl methyl sites for hydroxylation is 2. The van der Waals surface area contributed by atoms with Gasteiger partial charge in [0.1, 0.15) is 0 Å². The zero-order valence-corrected chi connectivity index (χ0v) is 10.7. The normalized spacial score (nSPS) is 30.8. The highest BCUT2D eigenvalue weighted by Gasteiger charge is 2.39. The first-order valence-electron chi connectivity index (χ1n) is 6.77. The van der Waals surface area contributed by atoms with Crippen LogP contribution in [0.25, 0.3) is 0 Å². The lowest BCUT2D eigenvalue weighted by atomic mass is 9.89. The molecular formula is C14H21N3. The minimum absolute atomic E-state index is 0.810. The van der Waals surface area contributed by atoms with Crippen molar-refractivity contribution in [2.75, 3.05) is 11.9 Å². The second-order valence-electron chi connectivity index (χ2n) is 5.79. The zero-order chi connectivity index (χ0) is 11.8. The Morgan fingerprint density at radius 3 is 2.53 bits per heavy atom. The molecule has 1 heterocycles. The van der Waals surface area contributed by atoms with Crippen molar-refractivity contribution < 1.29 is 0 Å². The Labute approximate surface area is 103 Å². The standard InChI is InChI=1S/C14H21N3/c1-9-5-10(2)17-14(16-9)15-8-13-7-11-3-4-12(13)6-11/h5,11-13H,3-4,6-8H2,1-2H3,(H,15,16,17). The van der Waals surface area contributed by atoms with E-state index in [1.54, 1.807) is 0 Å². The number of rotatable bonds is 3. The van der Waals surface area contributed by atoms with Crippen molar-refractivity contribution in [2.45, 2.75) is 39.5 Å². The van der Waals surface area contributed by atoms with Crippen LogP contribution in [0, 0.1) is 31.6 Å². The van der Waals surface area contributed by atoms with Gasteiger partial charge in [-0.05, 0) is 56.9 Å². The van der Waals surface area contributed by atoms with E-state index in [4.69, 9.17) is 0 Å². The maximum Gasteiger partial charge on any atom is 0.223 e. The van der Waals surface area contributed by atoms with Gasteiger partial charge in [-0.15, -0.1) is 0 Å². The third-order valence-corrected chi connectivity index (χ3v) is 4.39. The van der Waals surface area contributed by atoms with Crippen LogP contribution in [-0.2, 0) is 0 Å². The van der Waals surface area contributed by atoms with Crippen molar-refractivity contribution >= 4 is 5.95 Å². The lowest BCUT2D eigenvalue weighted by Crippen LogP contribution is -2.21. The maximum absolute atomic E-state index is 4.43. The molecule has 0 radical (unpaired) electrons. The van der Waals surface area contributed by atoms with E-state index in [9.17, 15) is 0 Å². The van der Waals surface area contributed by atoms with E-state index in [1.165, 1.54) is 25.7 Å². The van der Waals surface area contributed by atoms with Gasteiger partial charge in [0.2, 0.25) is 5.95 Å². The van der Waals surface area contributed by atoms with Crippen LogP contribution >= 0.6 is 0 Å². The molecule has 0 spiro atoms. The summed E-state index contributed by atoms with van der Waals surface area (Å²) in [7, 11) is 0. The maximum atomic E-state index is 4.43. The van der Waals surface area contributed by atoms with Crippen molar-refractivity contribution in [3.8, 4) is 0 Å². The molecule has 3 heteroatoms. The molecule has 2 fully saturated rings. The summed E-state index contributed by atoms with van der Waals surface area (Å²) in [6, 6.07) is 2.02. The molecule has 1 aromatic rings. The highest BCUT2D eigenvalue weighted by atomic mass is 15.1. The third-order valence-electron chi connectivity index (χ3n) is 4.39. The highest BCUT2D eigenvalue weighted by molar-refractivity contribution is 5.27. The van der Waals surface area contributed by atoms with E-state index in [0.29, 0.717) is 0 Å². The number of anilines is 1. The fourth-order valence-corrected chi connectivity index (χ4v) is 3.65. The quantitative estimate of drug-likeness (QED) is 0.869. The van der Waals surface area contributed by atoms with Gasteiger partial charge in [-0.2, -0.15) is 0 Å². The van der Waals surface area contributed by atoms with E-state index < -0.39 is 0 Å². The van der Waals surface area contributed by atoms with Crippen LogP contribution in [0.5, 0.6) is 0 Å². The van der Waals surface area contributed by atoms with E-state index in [1.807, 2.05) is 19.9 Å². The van der Waals surface area contributed by atoms with Crippen molar-refractivity contribution in [2.24, 2.45) is 17.8 Å². The molecule has 0 aliphatic heterocycles. The number of fused-ring (bicyclic) bond motifs is 2. The molecule has 1 N–H and O–H groups in total. The van der Waals surface area contributed by atoms with Crippen molar-refractivity contribution in [1.82, 2.24) is 9.97 Å². The SMILES string of the molecule is Cc1cc(C)nc(NCC2CC3CCC2C3)n1. The molecule has 2 aliphatic rings. The molecule has 3 atom stereocenters. The fourth-order valence-electron chi connectivity index (χ4n) is 3.65. The van der Waals surface area contributed by atoms with E-state index in [2.05, 4.69) is 15.3 Å². The summed E-state index contributed by atoms with van der Waals surface area (Å²) >= 11 is 0. The first-order chi connectivity index (χ1) is 8.20. The second kappa shape index (κ2) is 4.28. The summed E-state index contributed by atoms with van der Waals surface area (Å²) in [5.74, 6) is 3.66. The zero-order valence-electron chi connectivity index (χ0n) is 10.7. The van der Waals surface area contributed by atoms with Gasteiger partial charge in [0.25, 0.3) is 0 Å². The summed E-state index contributed by atoms with van der Waals surface area (Å²) < 4.78 is 0. The lowest BCUT2D eigenvalue weighted by molar-refractivity contribution is 0.348. The van der Waals surface area contributed by atoms with Gasteiger partial charge in [-0.25, -0.2) is 9.97 Å². The number of hydrogen-bond donors (Lipinski definition) is 1. The molecule has 1 aromatic heterocycles. The monoisotopic (exact) mass is 231 g/mol. The molecule has 92 valence electrons. The Morgan fingerprint density at radius 2 is 1.94 bits per heavy atom. The van der Waals surface area contributed by atoms with Crippen LogP contribution in [0.3, 0.4) is 0 Å². The summed E-state index contributed by atoms with van der Waals surface area (Å²) in [5, 5.41) is 3.43. The smallest absolute Gasteiger partial charge is 0.223 e. The molecule has 2 aliphatic carbocycles. The molecule has 2 bridgehead atoms. The van der Waals surface area contributed by atoms with Gasteiger partial charge in [-0.3, -0.25) is 0 Å². The van der Waals surface area contributed by atoms with Gasteiger partial charge < -0.3 is 5.32 Å². The Hall–Kier alpha value is -1.12. The second-order valence-corrected chi connectivity index (χ2v) is 5.79. The predicted octanol–water partition coefficient (Wildman–Crippen LogP) is 2.94. The van der Waals surface area contributed by atoms with E-state index in [-0.39, 0.29) is 0 Å². The van der Waals surface area contributed by atoms with Crippen molar-refractivity contribution in [3.05, 3.63) is 17.5 Å². The molecule has 3 rings (SSSR count). The Balaban J connectivity index is 1.60. The highest BCUT2D eigenvalue weighted by Crippen LogP contribution is 2.48. The van der Waals surface area contributed by atoms with Crippen LogP contribution in [0.1, 0.15) is 37.1 Å². The Kier molecular flexibility index (Phi) is 2.77. The predicted molar refractivity (Wildman–Crippen MR) is 68.9 cm³/mol. The van der Waals surface area contributed by atoms with E-state index in [0.717, 1.165) is 41.6 Å². The summed E-state index contributed by atoms with van der Waals surface area (Å²) in [5.41, 5.74) is 2.10. The summed E-state index contributed by atoms with van der Waals surface area (Å²) in [4.78, 5) is 8.87. The van der Waals surface area contributed by atoms with Crippen LogP contribution in [0.2, 0.25) is 0 Å². The molecular weight excluding hydrogens is 210 g/mol. The Morgan fingerprint density at radius 1 is 1.18 bits per heavy atom. The first kappa shape index (κ1) is 11.0. The number of nitrogens with zero attached hydrogens (tertiary/aromatic N) is 2. The molecule has 3 nitrogen and oxygen atoms in total. The van der Waals surface area contributed by atoms with Crippen molar-refractivity contribution in [3.63, 3.8) is 0 Å². The first-order valence-corrected chi connectivity index (χ1v) is 6.77. The van der Waals surface area contributed by atoms with Gasteiger partial charge in [0.05, 0.1) is 0 Å². The minimum Gasteiger partial charge on any atom is -0.354 e. The topological polar surface area (TPSA) is 37.8 Å². The average Bonchev–Trinajstić information content (AvgIpc) is 2.86. The van der Waals surface area contributed by atoms with Crippen LogP contribution in [-0.4, -0.2) is 16.5 Å². The molecule has 17 heavy (non-hydrogen) atoms. The molecule has 0 aromatic carbocycles. The van der Waals surface area contributed by atoms with Crippen LogP contribution in [0.4, 0.5) is 5.95 Å². The van der Waals surface area contributed by atoms with Crippen LogP contribution in [0.15, 0.2) is 6.07 Å². The summed E-state index contributed by atoms with van der Waals surface area (Å²) in [6.07, 6.45) is 5.81.